The summed E-state index contributed by atoms with van der Waals surface area (Å²) in [5.41, 5.74) is 2.47. The van der Waals surface area contributed by atoms with Gasteiger partial charge in [-0.15, -0.1) is 24.0 Å². The summed E-state index contributed by atoms with van der Waals surface area (Å²) in [6.07, 6.45) is 2.87. The summed E-state index contributed by atoms with van der Waals surface area (Å²) < 4.78 is 1.86. The number of aromatic nitrogens is 2. The Morgan fingerprint density at radius 1 is 1.20 bits per heavy atom. The molecule has 2 rings (SSSR count). The van der Waals surface area contributed by atoms with E-state index in [2.05, 4.69) is 63.0 Å². The monoisotopic (exact) mass is 456 g/mol. The number of nitrogens with one attached hydrogen (secondary N) is 2. The highest BCUT2D eigenvalue weighted by Crippen LogP contribution is 2.02. The third-order valence-corrected chi connectivity index (χ3v) is 3.89. The van der Waals surface area contributed by atoms with Crippen LogP contribution in [0.15, 0.2) is 47.6 Å². The van der Waals surface area contributed by atoms with E-state index in [1.165, 1.54) is 5.56 Å². The van der Waals surface area contributed by atoms with Crippen molar-refractivity contribution in [3.63, 3.8) is 0 Å². The van der Waals surface area contributed by atoms with Gasteiger partial charge in [0.15, 0.2) is 5.96 Å². The van der Waals surface area contributed by atoms with E-state index in [9.17, 15) is 0 Å². The number of hydrogen-bond donors (Lipinski definition) is 2. The maximum Gasteiger partial charge on any atom is 0.191 e. The lowest BCUT2D eigenvalue weighted by Gasteiger charge is -2.17. The average molecular weight is 456 g/mol. The van der Waals surface area contributed by atoms with Gasteiger partial charge in [0, 0.05) is 33.4 Å². The van der Waals surface area contributed by atoms with Crippen LogP contribution in [0.25, 0.3) is 0 Å². The van der Waals surface area contributed by atoms with Crippen LogP contribution in [0.4, 0.5) is 0 Å². The first-order valence-corrected chi connectivity index (χ1v) is 8.33. The van der Waals surface area contributed by atoms with Gasteiger partial charge in [0.05, 0.1) is 12.2 Å². The molecule has 0 aliphatic rings. The number of aliphatic imine (C=N–C) groups is 1. The van der Waals surface area contributed by atoms with E-state index in [-0.39, 0.29) is 24.0 Å². The number of rotatable bonds is 8. The van der Waals surface area contributed by atoms with Crippen LogP contribution in [-0.4, -0.2) is 47.8 Å². The Kier molecular flexibility index (Phi) is 10.2. The van der Waals surface area contributed by atoms with Gasteiger partial charge < -0.3 is 15.5 Å². The highest BCUT2D eigenvalue weighted by atomic mass is 127. The van der Waals surface area contributed by atoms with E-state index in [1.807, 2.05) is 17.8 Å². The van der Waals surface area contributed by atoms with Gasteiger partial charge in [-0.05, 0) is 31.6 Å². The van der Waals surface area contributed by atoms with Crippen molar-refractivity contribution >= 4 is 29.9 Å². The first kappa shape index (κ1) is 21.4. The van der Waals surface area contributed by atoms with E-state index >= 15 is 0 Å². The minimum Gasteiger partial charge on any atom is -0.356 e. The van der Waals surface area contributed by atoms with E-state index in [4.69, 9.17) is 0 Å². The van der Waals surface area contributed by atoms with Crippen LogP contribution in [0.3, 0.4) is 0 Å². The topological polar surface area (TPSA) is 57.5 Å². The standard InChI is InChI=1S/C18H28N6.HI/c1-19-18(21-14-17-10-12-22-24(17)3)20-11-7-13-23(2)15-16-8-5-4-6-9-16;/h4-6,8-10,12H,7,11,13-15H2,1-3H3,(H2,19,20,21);1H. The molecule has 0 fully saturated rings. The Bertz CT molecular complexity index is 626. The van der Waals surface area contributed by atoms with Crippen molar-refractivity contribution in [1.82, 2.24) is 25.3 Å². The maximum atomic E-state index is 4.25. The fourth-order valence-corrected chi connectivity index (χ4v) is 2.50. The molecule has 1 heterocycles. The molecule has 2 N–H and O–H groups in total. The molecule has 0 saturated heterocycles. The Hall–Kier alpha value is -1.61. The molecule has 0 radical (unpaired) electrons. The van der Waals surface area contributed by atoms with Gasteiger partial charge in [0.1, 0.15) is 0 Å². The molecule has 0 bridgehead atoms. The van der Waals surface area contributed by atoms with Crippen LogP contribution in [0.2, 0.25) is 0 Å². The number of hydrogen-bond acceptors (Lipinski definition) is 3. The van der Waals surface area contributed by atoms with Crippen LogP contribution in [-0.2, 0) is 20.1 Å². The smallest absolute Gasteiger partial charge is 0.191 e. The molecule has 7 heteroatoms. The van der Waals surface area contributed by atoms with Crippen molar-refractivity contribution in [2.45, 2.75) is 19.5 Å². The molecule has 1 aromatic carbocycles. The predicted molar refractivity (Wildman–Crippen MR) is 114 cm³/mol. The molecule has 2 aromatic rings. The number of aryl methyl sites for hydroxylation is 1. The van der Waals surface area contributed by atoms with Crippen molar-refractivity contribution in [2.24, 2.45) is 12.0 Å². The van der Waals surface area contributed by atoms with Gasteiger partial charge in [-0.2, -0.15) is 5.10 Å². The largest absolute Gasteiger partial charge is 0.356 e. The molecule has 0 aliphatic heterocycles. The third-order valence-electron chi connectivity index (χ3n) is 3.89. The minimum absolute atomic E-state index is 0. The van der Waals surface area contributed by atoms with Crippen LogP contribution in [0.5, 0.6) is 0 Å². The Labute approximate surface area is 167 Å². The maximum absolute atomic E-state index is 4.25. The minimum atomic E-state index is 0. The van der Waals surface area contributed by atoms with Gasteiger partial charge in [-0.3, -0.25) is 9.67 Å². The number of guanidine groups is 1. The van der Waals surface area contributed by atoms with Crippen LogP contribution in [0, 0.1) is 0 Å². The molecule has 0 amide bonds. The zero-order valence-electron chi connectivity index (χ0n) is 15.3. The molecule has 138 valence electrons. The first-order chi connectivity index (χ1) is 11.7. The van der Waals surface area contributed by atoms with Gasteiger partial charge in [0.2, 0.25) is 0 Å². The lowest BCUT2D eigenvalue weighted by molar-refractivity contribution is 0.322. The highest BCUT2D eigenvalue weighted by Gasteiger charge is 2.02. The fourth-order valence-electron chi connectivity index (χ4n) is 2.50. The predicted octanol–water partition coefficient (Wildman–Crippen LogP) is 2.23. The molecular formula is C18H29IN6. The van der Waals surface area contributed by atoms with Gasteiger partial charge >= 0.3 is 0 Å². The summed E-state index contributed by atoms with van der Waals surface area (Å²) in [4.78, 5) is 6.59. The highest BCUT2D eigenvalue weighted by molar-refractivity contribution is 14.0. The Morgan fingerprint density at radius 3 is 2.60 bits per heavy atom. The Balaban J connectivity index is 0.00000312. The lowest BCUT2D eigenvalue weighted by Crippen LogP contribution is -2.38. The van der Waals surface area contributed by atoms with E-state index in [0.717, 1.165) is 37.7 Å². The van der Waals surface area contributed by atoms with Crippen molar-refractivity contribution in [3.8, 4) is 0 Å². The van der Waals surface area contributed by atoms with Gasteiger partial charge in [-0.25, -0.2) is 0 Å². The molecule has 0 atom stereocenters. The molecule has 0 spiro atoms. The second kappa shape index (κ2) is 11.9. The summed E-state index contributed by atoms with van der Waals surface area (Å²) in [5.74, 6) is 0.821. The number of halogens is 1. The van der Waals surface area contributed by atoms with Crippen LogP contribution in [0.1, 0.15) is 17.7 Å². The van der Waals surface area contributed by atoms with Crippen molar-refractivity contribution in [3.05, 3.63) is 53.9 Å². The second-order valence-corrected chi connectivity index (χ2v) is 5.88. The summed E-state index contributed by atoms with van der Waals surface area (Å²) in [6, 6.07) is 12.6. The molecule has 0 aliphatic carbocycles. The van der Waals surface area contributed by atoms with E-state index in [1.54, 1.807) is 13.2 Å². The molecular weight excluding hydrogens is 427 g/mol. The van der Waals surface area contributed by atoms with Gasteiger partial charge in [-0.1, -0.05) is 30.3 Å². The molecule has 1 aromatic heterocycles. The molecule has 0 unspecified atom stereocenters. The zero-order chi connectivity index (χ0) is 17.2. The molecule has 0 saturated carbocycles. The zero-order valence-corrected chi connectivity index (χ0v) is 17.6. The summed E-state index contributed by atoms with van der Waals surface area (Å²) in [5, 5.41) is 10.8. The number of benzene rings is 1. The van der Waals surface area contributed by atoms with E-state index in [0.29, 0.717) is 6.54 Å². The fraction of sp³-hybridized carbons (Fsp3) is 0.444. The van der Waals surface area contributed by atoms with Crippen molar-refractivity contribution in [1.29, 1.82) is 0 Å². The quantitative estimate of drug-likeness (QED) is 0.277. The van der Waals surface area contributed by atoms with Crippen molar-refractivity contribution < 1.29 is 0 Å². The first-order valence-electron chi connectivity index (χ1n) is 8.33. The third kappa shape index (κ3) is 7.87. The van der Waals surface area contributed by atoms with Gasteiger partial charge in [0.25, 0.3) is 0 Å². The van der Waals surface area contributed by atoms with Crippen molar-refractivity contribution in [2.75, 3.05) is 27.2 Å². The van der Waals surface area contributed by atoms with Crippen LogP contribution >= 0.6 is 24.0 Å². The SMILES string of the molecule is CN=C(NCCCN(C)Cc1ccccc1)NCc1ccnn1C.I. The normalized spacial score (nSPS) is 11.3. The molecule has 25 heavy (non-hydrogen) atoms. The lowest BCUT2D eigenvalue weighted by atomic mass is 10.2. The van der Waals surface area contributed by atoms with Crippen LogP contribution < -0.4 is 10.6 Å². The second-order valence-electron chi connectivity index (χ2n) is 5.88. The Morgan fingerprint density at radius 2 is 1.96 bits per heavy atom. The summed E-state index contributed by atoms with van der Waals surface area (Å²) in [7, 11) is 5.89. The summed E-state index contributed by atoms with van der Waals surface area (Å²) in [6.45, 7) is 3.63. The summed E-state index contributed by atoms with van der Waals surface area (Å²) >= 11 is 0. The molecule has 6 nitrogen and oxygen atoms in total. The number of nitrogens with zero attached hydrogens (tertiary/aromatic N) is 4. The van der Waals surface area contributed by atoms with E-state index < -0.39 is 0 Å². The average Bonchev–Trinajstić information content (AvgIpc) is 3.00.